The van der Waals surface area contributed by atoms with Gasteiger partial charge >= 0.3 is 0 Å². The number of carbonyl (C=O) groups excluding carboxylic acids is 4. The first kappa shape index (κ1) is 34.1. The summed E-state index contributed by atoms with van der Waals surface area (Å²) in [7, 11) is 3.59. The molecule has 0 aliphatic carbocycles. The fourth-order valence-electron chi connectivity index (χ4n) is 4.96. The summed E-state index contributed by atoms with van der Waals surface area (Å²) in [6.45, 7) is 1.59. The molecule has 1 aliphatic heterocycles. The van der Waals surface area contributed by atoms with E-state index in [1.165, 1.54) is 44.9 Å². The van der Waals surface area contributed by atoms with Gasteiger partial charge in [-0.2, -0.15) is 5.10 Å². The number of amides is 4. The number of nitrogens with zero attached hydrogens (tertiary/aromatic N) is 8. The van der Waals surface area contributed by atoms with Crippen molar-refractivity contribution in [1.82, 2.24) is 39.6 Å². The minimum atomic E-state index is -0.672. The van der Waals surface area contributed by atoms with Gasteiger partial charge in [-0.05, 0) is 31.2 Å². The van der Waals surface area contributed by atoms with E-state index in [1.54, 1.807) is 54.9 Å². The second-order valence-electron chi connectivity index (χ2n) is 10.8. The van der Waals surface area contributed by atoms with Gasteiger partial charge in [0.25, 0.3) is 23.6 Å². The van der Waals surface area contributed by atoms with Crippen molar-refractivity contribution in [1.29, 1.82) is 0 Å². The number of nitrogens with one attached hydrogen (secondary N) is 2. The van der Waals surface area contributed by atoms with Crippen LogP contribution >= 0.6 is 34.0 Å². The van der Waals surface area contributed by atoms with Gasteiger partial charge in [0.1, 0.15) is 37.8 Å². The predicted octanol–water partition coefficient (Wildman–Crippen LogP) is 3.29. The Morgan fingerprint density at radius 1 is 0.860 bits per heavy atom. The molecule has 0 unspecified atom stereocenters. The summed E-state index contributed by atoms with van der Waals surface area (Å²) >= 11 is 4.04. The molecule has 50 heavy (non-hydrogen) atoms. The molecule has 19 heteroatoms. The molecule has 6 aromatic heterocycles. The molecule has 1 aliphatic rings. The fourth-order valence-corrected chi connectivity index (χ4v) is 7.84. The Balaban J connectivity index is 0.000000175. The third-order valence-corrected chi connectivity index (χ3v) is 10.2. The molecule has 0 fully saturated rings. The fraction of sp³-hybridized carbons (Fsp3) is 0.161. The van der Waals surface area contributed by atoms with Gasteiger partial charge in [0.15, 0.2) is 0 Å². The lowest BCUT2D eigenvalue weighted by Gasteiger charge is -2.22. The molecule has 0 bridgehead atoms. The Hall–Kier alpha value is -5.76. The molecule has 7 rings (SSSR count). The summed E-state index contributed by atoms with van der Waals surface area (Å²) in [5.74, 6) is -2.01. The number of primary amides is 2. The first-order chi connectivity index (χ1) is 24.1. The molecule has 6 N–H and O–H groups in total. The van der Waals surface area contributed by atoms with E-state index in [4.69, 9.17) is 11.5 Å². The Morgan fingerprint density at radius 2 is 1.58 bits per heavy atom. The van der Waals surface area contributed by atoms with Crippen LogP contribution in [-0.2, 0) is 20.0 Å². The van der Waals surface area contributed by atoms with E-state index in [9.17, 15) is 19.2 Å². The lowest BCUT2D eigenvalue weighted by Crippen LogP contribution is -2.27. The SMILES string of the molecule is CN1CCc2c(sc(NC(=O)c3csc(-c4cnccn4)n3)c2C(N)=O)C1.Cn1ncc(NC(=O)c2csc(-c3cccnc3)n2)c1C(N)=O. The quantitative estimate of drug-likeness (QED) is 0.178. The highest BCUT2D eigenvalue weighted by atomic mass is 32.1. The van der Waals surface area contributed by atoms with Gasteiger partial charge in [-0.25, -0.2) is 9.97 Å². The number of aryl methyl sites for hydroxylation is 1. The summed E-state index contributed by atoms with van der Waals surface area (Å²) in [6, 6.07) is 3.66. The Morgan fingerprint density at radius 3 is 2.26 bits per heavy atom. The highest BCUT2D eigenvalue weighted by molar-refractivity contribution is 7.17. The highest BCUT2D eigenvalue weighted by Crippen LogP contribution is 2.37. The van der Waals surface area contributed by atoms with Crippen molar-refractivity contribution in [2.45, 2.75) is 13.0 Å². The molecular formula is C31H28N12O4S3. The largest absolute Gasteiger partial charge is 0.365 e. The Labute approximate surface area is 296 Å². The average Bonchev–Trinajstić information content (AvgIpc) is 3.91. The number of hydrogen-bond acceptors (Lipinski definition) is 14. The van der Waals surface area contributed by atoms with Crippen molar-refractivity contribution in [2.24, 2.45) is 18.5 Å². The van der Waals surface area contributed by atoms with Crippen LogP contribution in [0, 0.1) is 0 Å². The van der Waals surface area contributed by atoms with Gasteiger partial charge in [0.2, 0.25) is 0 Å². The summed E-state index contributed by atoms with van der Waals surface area (Å²) < 4.78 is 1.31. The molecule has 16 nitrogen and oxygen atoms in total. The van der Waals surface area contributed by atoms with Gasteiger partial charge in [-0.3, -0.25) is 38.8 Å². The van der Waals surface area contributed by atoms with Crippen molar-refractivity contribution in [3.05, 3.63) is 93.2 Å². The van der Waals surface area contributed by atoms with E-state index in [1.807, 2.05) is 13.1 Å². The summed E-state index contributed by atoms with van der Waals surface area (Å²) in [4.78, 5) is 72.4. The number of thiazole rings is 2. The summed E-state index contributed by atoms with van der Waals surface area (Å²) in [5, 5.41) is 14.4. The van der Waals surface area contributed by atoms with E-state index < -0.39 is 17.7 Å². The molecule has 0 saturated heterocycles. The zero-order valence-electron chi connectivity index (χ0n) is 26.5. The minimum absolute atomic E-state index is 0.126. The molecule has 0 aromatic carbocycles. The Bertz CT molecular complexity index is 2190. The smallest absolute Gasteiger partial charge is 0.275 e. The number of nitrogens with two attached hydrogens (primary N) is 2. The van der Waals surface area contributed by atoms with Gasteiger partial charge in [0.05, 0.1) is 23.6 Å². The number of carbonyl (C=O) groups is 4. The molecule has 0 atom stereocenters. The molecule has 254 valence electrons. The van der Waals surface area contributed by atoms with Crippen molar-refractivity contribution >= 4 is 68.3 Å². The van der Waals surface area contributed by atoms with Gasteiger partial charge in [-0.15, -0.1) is 34.0 Å². The molecule has 6 aromatic rings. The summed E-state index contributed by atoms with van der Waals surface area (Å²) in [5.41, 5.74) is 14.5. The van der Waals surface area contributed by atoms with Crippen molar-refractivity contribution < 1.29 is 19.2 Å². The van der Waals surface area contributed by atoms with Crippen LogP contribution in [0.15, 0.2) is 60.1 Å². The van der Waals surface area contributed by atoms with Crippen LogP contribution in [0.3, 0.4) is 0 Å². The lowest BCUT2D eigenvalue weighted by molar-refractivity contribution is 0.0984. The van der Waals surface area contributed by atoms with Crippen molar-refractivity contribution in [3.63, 3.8) is 0 Å². The number of hydrogen-bond donors (Lipinski definition) is 4. The molecule has 4 amide bonds. The predicted molar refractivity (Wildman–Crippen MR) is 189 cm³/mol. The zero-order chi connectivity index (χ0) is 35.4. The van der Waals surface area contributed by atoms with Crippen molar-refractivity contribution in [3.8, 4) is 21.3 Å². The molecule has 0 saturated carbocycles. The van der Waals surface area contributed by atoms with E-state index in [0.717, 1.165) is 35.5 Å². The maximum Gasteiger partial charge on any atom is 0.275 e. The number of likely N-dealkylation sites (N-methyl/N-ethyl adjacent to an activating group) is 1. The van der Waals surface area contributed by atoms with Crippen LogP contribution in [0.25, 0.3) is 21.3 Å². The average molecular weight is 729 g/mol. The number of rotatable bonds is 8. The topological polar surface area (TPSA) is 230 Å². The summed E-state index contributed by atoms with van der Waals surface area (Å²) in [6.07, 6.45) is 10.2. The van der Waals surface area contributed by atoms with E-state index in [2.05, 4.69) is 45.6 Å². The Kier molecular flexibility index (Phi) is 10.1. The van der Waals surface area contributed by atoms with Crippen molar-refractivity contribution in [2.75, 3.05) is 24.2 Å². The molecule has 0 spiro atoms. The maximum absolute atomic E-state index is 12.7. The number of pyridine rings is 1. The molecular weight excluding hydrogens is 701 g/mol. The van der Waals surface area contributed by atoms with E-state index in [0.29, 0.717) is 26.3 Å². The second-order valence-corrected chi connectivity index (χ2v) is 13.6. The number of anilines is 2. The third-order valence-electron chi connectivity index (χ3n) is 7.31. The van der Waals surface area contributed by atoms with Crippen LogP contribution in [0.5, 0.6) is 0 Å². The van der Waals surface area contributed by atoms with Crippen LogP contribution in [-0.4, -0.2) is 76.8 Å². The number of thiophene rings is 1. The third kappa shape index (κ3) is 7.44. The first-order valence-corrected chi connectivity index (χ1v) is 17.3. The van der Waals surface area contributed by atoms with Gasteiger partial charge in [-0.1, -0.05) is 0 Å². The number of aromatic nitrogens is 7. The maximum atomic E-state index is 12.7. The van der Waals surface area contributed by atoms with Crippen LogP contribution in [0.1, 0.15) is 52.3 Å². The molecule has 7 heterocycles. The monoisotopic (exact) mass is 728 g/mol. The van der Waals surface area contributed by atoms with Crippen LogP contribution in [0.2, 0.25) is 0 Å². The van der Waals surface area contributed by atoms with Crippen LogP contribution in [0.4, 0.5) is 10.7 Å². The second kappa shape index (κ2) is 14.8. The minimum Gasteiger partial charge on any atom is -0.365 e. The zero-order valence-corrected chi connectivity index (χ0v) is 28.9. The lowest BCUT2D eigenvalue weighted by atomic mass is 10.0. The molecule has 0 radical (unpaired) electrons. The van der Waals surface area contributed by atoms with Gasteiger partial charge in [0, 0.05) is 66.1 Å². The normalized spacial score (nSPS) is 12.4. The van der Waals surface area contributed by atoms with Gasteiger partial charge < -0.3 is 27.0 Å². The van der Waals surface area contributed by atoms with E-state index >= 15 is 0 Å². The van der Waals surface area contributed by atoms with E-state index in [-0.39, 0.29) is 28.7 Å². The number of fused-ring (bicyclic) bond motifs is 1. The first-order valence-electron chi connectivity index (χ1n) is 14.7. The highest BCUT2D eigenvalue weighted by Gasteiger charge is 2.27. The van der Waals surface area contributed by atoms with Crippen LogP contribution < -0.4 is 22.1 Å². The standard InChI is InChI=1S/C17H16N6O2S2.C14H12N6O2S/c1-23-5-2-9-12(7-23)27-17(13(9)14(18)24)22-15(25)11-8-26-16(21-11)10-6-19-3-4-20-10;1-20-11(12(15)21)9(6-17-20)18-13(22)10-7-23-14(19-10)8-3-2-4-16-5-8/h3-4,6,8H,2,5,7H2,1H3,(H2,18,24)(H,22,25);2-7H,1H3,(H2,15,21)(H,18,22).